The third kappa shape index (κ3) is 7.13. The van der Waals surface area contributed by atoms with Crippen LogP contribution < -0.4 is 34.7 Å². The number of carbonyl (C=O) groups is 1. The van der Waals surface area contributed by atoms with Crippen LogP contribution in [0.2, 0.25) is 0 Å². The summed E-state index contributed by atoms with van der Waals surface area (Å²) < 4.78 is 9.28. The van der Waals surface area contributed by atoms with Crippen molar-refractivity contribution in [2.75, 3.05) is 0 Å². The van der Waals surface area contributed by atoms with Crippen LogP contribution in [-0.2, 0) is 4.79 Å². The molecule has 2 nitrogen and oxygen atoms in total. The van der Waals surface area contributed by atoms with E-state index in [0.717, 1.165) is 22.6 Å². The van der Waals surface area contributed by atoms with E-state index in [2.05, 4.69) is 0 Å². The SMILES string of the molecule is O=C([O-])C(F)I.[Na+]. The van der Waals surface area contributed by atoms with Crippen LogP contribution in [0, 0.1) is 0 Å². The van der Waals surface area contributed by atoms with Gasteiger partial charge >= 0.3 is 29.6 Å². The number of aliphatic carboxylic acids is 1. The molecule has 0 amide bonds. The maximum absolute atomic E-state index is 11.1. The van der Waals surface area contributed by atoms with Gasteiger partial charge < -0.3 is 9.90 Å². The summed E-state index contributed by atoms with van der Waals surface area (Å²) in [5.74, 6) is -1.67. The minimum absolute atomic E-state index is 0. The average Bonchev–Trinajstić information content (AvgIpc) is 1.36. The summed E-state index contributed by atoms with van der Waals surface area (Å²) >= 11 is 1.10. The zero-order valence-electron chi connectivity index (χ0n) is 3.65. The van der Waals surface area contributed by atoms with E-state index in [-0.39, 0.29) is 29.6 Å². The molecule has 0 aliphatic rings. The number of carboxylic acids is 1. The fraction of sp³-hybridized carbons (Fsp3) is 0.500. The molecule has 0 radical (unpaired) electrons. The molecule has 5 heteroatoms. The monoisotopic (exact) mass is 226 g/mol. The molecule has 7 heavy (non-hydrogen) atoms. The number of rotatable bonds is 1. The van der Waals surface area contributed by atoms with Crippen LogP contribution in [0.5, 0.6) is 0 Å². The van der Waals surface area contributed by atoms with E-state index in [4.69, 9.17) is 0 Å². The number of carbonyl (C=O) groups excluding carboxylic acids is 1. The Morgan fingerprint density at radius 1 is 1.86 bits per heavy atom. The second kappa shape index (κ2) is 5.27. The molecule has 0 aliphatic heterocycles. The topological polar surface area (TPSA) is 40.1 Å². The normalized spacial score (nSPS) is 11.7. The molecule has 36 valence electrons. The number of hydrogen-bond donors (Lipinski definition) is 0. The van der Waals surface area contributed by atoms with Gasteiger partial charge in [-0.3, -0.25) is 0 Å². The van der Waals surface area contributed by atoms with Crippen molar-refractivity contribution in [2.45, 2.75) is 4.18 Å². The van der Waals surface area contributed by atoms with Crippen molar-refractivity contribution in [1.82, 2.24) is 0 Å². The van der Waals surface area contributed by atoms with Gasteiger partial charge in [-0.1, -0.05) is 0 Å². The minimum atomic E-state index is -1.87. The van der Waals surface area contributed by atoms with Crippen molar-refractivity contribution in [3.05, 3.63) is 0 Å². The molecule has 0 fully saturated rings. The third-order valence-electron chi connectivity index (χ3n) is 0.178. The molecule has 0 N–H and O–H groups in total. The van der Waals surface area contributed by atoms with E-state index < -0.39 is 10.1 Å². The van der Waals surface area contributed by atoms with Crippen molar-refractivity contribution in [3.8, 4) is 0 Å². The zero-order valence-corrected chi connectivity index (χ0v) is 7.81. The van der Waals surface area contributed by atoms with E-state index in [1.807, 2.05) is 0 Å². The van der Waals surface area contributed by atoms with Gasteiger partial charge in [-0.2, -0.15) is 0 Å². The third-order valence-corrected chi connectivity index (χ3v) is 0.687. The van der Waals surface area contributed by atoms with Gasteiger partial charge in [-0.15, -0.1) is 0 Å². The summed E-state index contributed by atoms with van der Waals surface area (Å²) in [6.07, 6.45) is 0. The quantitative estimate of drug-likeness (QED) is 0.264. The molecule has 0 rings (SSSR count). The summed E-state index contributed by atoms with van der Waals surface area (Å²) in [6.45, 7) is 0. The number of carboxylic acid groups (broad SMARTS) is 1. The fourth-order valence-electron chi connectivity index (χ4n) is 0. The van der Waals surface area contributed by atoms with Crippen LogP contribution >= 0.6 is 22.6 Å². The number of halogens is 2. The van der Waals surface area contributed by atoms with E-state index in [9.17, 15) is 14.3 Å². The summed E-state index contributed by atoms with van der Waals surface area (Å²) in [5.41, 5.74) is 0. The van der Waals surface area contributed by atoms with Gasteiger partial charge in [0.25, 0.3) is 0 Å². The fourth-order valence-corrected chi connectivity index (χ4v) is 0. The summed E-state index contributed by atoms with van der Waals surface area (Å²) in [6, 6.07) is 0. The van der Waals surface area contributed by atoms with Crippen LogP contribution in [0.3, 0.4) is 0 Å². The molecule has 0 aromatic heterocycles. The minimum Gasteiger partial charge on any atom is -0.546 e. The molecular weight excluding hydrogens is 225 g/mol. The Morgan fingerprint density at radius 3 is 2.00 bits per heavy atom. The van der Waals surface area contributed by atoms with Crippen molar-refractivity contribution in [3.63, 3.8) is 0 Å². The van der Waals surface area contributed by atoms with Crippen LogP contribution in [0.25, 0.3) is 0 Å². The first-order valence-electron chi connectivity index (χ1n) is 1.13. The van der Waals surface area contributed by atoms with Gasteiger partial charge in [0.05, 0.1) is 5.97 Å². The van der Waals surface area contributed by atoms with Crippen molar-refractivity contribution < 1.29 is 43.8 Å². The molecule has 0 aromatic carbocycles. The molecule has 1 atom stereocenters. The average molecular weight is 226 g/mol. The summed E-state index contributed by atoms with van der Waals surface area (Å²) in [4.78, 5) is 9.21. The van der Waals surface area contributed by atoms with Crippen LogP contribution in [0.15, 0.2) is 0 Å². The maximum Gasteiger partial charge on any atom is 1.00 e. The number of hydrogen-bond acceptors (Lipinski definition) is 2. The van der Waals surface area contributed by atoms with Crippen molar-refractivity contribution in [2.24, 2.45) is 0 Å². The zero-order chi connectivity index (χ0) is 5.15. The van der Waals surface area contributed by atoms with Crippen molar-refractivity contribution >= 4 is 28.6 Å². The van der Waals surface area contributed by atoms with Gasteiger partial charge in [0.1, 0.15) is 0 Å². The molecule has 0 heterocycles. The number of alkyl halides is 2. The largest absolute Gasteiger partial charge is 1.00 e. The standard InChI is InChI=1S/C2H2FIO2.Na/c3-1(4)2(5)6;/h1H,(H,5,6);/q;+1/p-1. The second-order valence-corrected chi connectivity index (χ2v) is 1.71. The van der Waals surface area contributed by atoms with E-state index in [1.165, 1.54) is 0 Å². The molecule has 0 aromatic rings. The van der Waals surface area contributed by atoms with Crippen LogP contribution in [0.4, 0.5) is 4.39 Å². The Labute approximate surface area is 75.9 Å². The van der Waals surface area contributed by atoms with Gasteiger partial charge in [0.15, 0.2) is 4.18 Å². The molecule has 0 bridgehead atoms. The van der Waals surface area contributed by atoms with E-state index >= 15 is 0 Å². The Balaban J connectivity index is 0. The predicted octanol–water partition coefficient (Wildman–Crippen LogP) is -3.53. The Bertz CT molecular complexity index is 66.7. The summed E-state index contributed by atoms with van der Waals surface area (Å²) in [5, 5.41) is 9.21. The van der Waals surface area contributed by atoms with Crippen LogP contribution in [0.1, 0.15) is 0 Å². The Hall–Kier alpha value is 1.13. The second-order valence-electron chi connectivity index (χ2n) is 0.620. The molecular formula is C2HFINaO2. The summed E-state index contributed by atoms with van der Waals surface area (Å²) in [7, 11) is 0. The van der Waals surface area contributed by atoms with Gasteiger partial charge in [0, 0.05) is 0 Å². The van der Waals surface area contributed by atoms with Gasteiger partial charge in [0.2, 0.25) is 0 Å². The smallest absolute Gasteiger partial charge is 0.546 e. The predicted molar refractivity (Wildman–Crippen MR) is 23.9 cm³/mol. The van der Waals surface area contributed by atoms with Gasteiger partial charge in [-0.05, 0) is 22.6 Å². The first-order chi connectivity index (χ1) is 2.64. The van der Waals surface area contributed by atoms with Gasteiger partial charge in [-0.25, -0.2) is 4.39 Å². The Kier molecular flexibility index (Phi) is 8.28. The van der Waals surface area contributed by atoms with E-state index in [0.29, 0.717) is 0 Å². The molecule has 0 saturated carbocycles. The van der Waals surface area contributed by atoms with Crippen molar-refractivity contribution in [1.29, 1.82) is 0 Å². The molecule has 0 aliphatic carbocycles. The first-order valence-corrected chi connectivity index (χ1v) is 2.38. The van der Waals surface area contributed by atoms with Crippen LogP contribution in [-0.4, -0.2) is 10.1 Å². The molecule has 1 unspecified atom stereocenters. The molecule has 0 spiro atoms. The van der Waals surface area contributed by atoms with E-state index in [1.54, 1.807) is 0 Å². The maximum atomic E-state index is 11.1. The Morgan fingerprint density at radius 2 is 2.00 bits per heavy atom. The molecule has 0 saturated heterocycles. The first kappa shape index (κ1) is 11.0.